The molecule has 0 spiro atoms. The highest BCUT2D eigenvalue weighted by Crippen LogP contribution is 2.21. The molecule has 2 heteroatoms. The lowest BCUT2D eigenvalue weighted by Crippen LogP contribution is -2.03. The molecule has 1 heterocycles. The quantitative estimate of drug-likeness (QED) is 0.482. The van der Waals surface area contributed by atoms with E-state index < -0.39 is 0 Å². The van der Waals surface area contributed by atoms with Gasteiger partial charge in [0.05, 0.1) is 0 Å². The summed E-state index contributed by atoms with van der Waals surface area (Å²) in [4.78, 5) is 0. The molecule has 0 fully saturated rings. The van der Waals surface area contributed by atoms with Crippen molar-refractivity contribution in [3.05, 3.63) is 35.8 Å². The van der Waals surface area contributed by atoms with Crippen molar-refractivity contribution in [2.75, 3.05) is 0 Å². The van der Waals surface area contributed by atoms with E-state index >= 15 is 0 Å². The molecule has 48 valence electrons. The summed E-state index contributed by atoms with van der Waals surface area (Å²) in [7, 11) is 0.705. The van der Waals surface area contributed by atoms with Crippen molar-refractivity contribution in [1.29, 1.82) is 0 Å². The molecule has 0 atom stereocenters. The van der Waals surface area contributed by atoms with Gasteiger partial charge in [0.15, 0.2) is 0 Å². The number of hydrogen-bond acceptors (Lipinski definition) is 1. The first-order chi connectivity index (χ1) is 4.97. The van der Waals surface area contributed by atoms with Crippen molar-refractivity contribution in [1.82, 2.24) is 0 Å². The van der Waals surface area contributed by atoms with Crippen LogP contribution in [0.5, 0.6) is 5.75 Å². The summed E-state index contributed by atoms with van der Waals surface area (Å²) < 4.78 is 5.34. The van der Waals surface area contributed by atoms with Crippen LogP contribution < -0.4 is 4.65 Å². The smallest absolute Gasteiger partial charge is 0.366 e. The number of hydrogen-bond donors (Lipinski definition) is 0. The molecule has 0 amide bonds. The Hall–Kier alpha value is -1.18. The highest BCUT2D eigenvalue weighted by atomic mass is 16.4. The van der Waals surface area contributed by atoms with Gasteiger partial charge in [-0.15, -0.1) is 0 Å². The van der Waals surface area contributed by atoms with E-state index in [2.05, 4.69) is 6.08 Å². The molecule has 0 bridgehead atoms. The largest absolute Gasteiger partial charge is 0.559 e. The Balaban J connectivity index is 2.54. The lowest BCUT2D eigenvalue weighted by atomic mass is 9.95. The molecule has 1 aromatic carbocycles. The van der Waals surface area contributed by atoms with Gasteiger partial charge in [-0.2, -0.15) is 0 Å². The standard InChI is InChI=1S/C8H7BO/c1-2-4-8-7(3-1)5-6-9-10-8/h1-6,9H. The van der Waals surface area contributed by atoms with Crippen LogP contribution in [0.15, 0.2) is 30.2 Å². The van der Waals surface area contributed by atoms with Gasteiger partial charge in [-0.25, -0.2) is 0 Å². The molecular weight excluding hydrogens is 123 g/mol. The van der Waals surface area contributed by atoms with Crippen LogP contribution in [0.3, 0.4) is 0 Å². The number of para-hydroxylation sites is 1. The summed E-state index contributed by atoms with van der Waals surface area (Å²) in [5.74, 6) is 3.01. The zero-order valence-corrected chi connectivity index (χ0v) is 5.58. The van der Waals surface area contributed by atoms with E-state index in [1.54, 1.807) is 0 Å². The van der Waals surface area contributed by atoms with E-state index in [1.807, 2.05) is 30.2 Å². The fourth-order valence-corrected chi connectivity index (χ4v) is 1.06. The van der Waals surface area contributed by atoms with Crippen molar-refractivity contribution in [2.45, 2.75) is 0 Å². The van der Waals surface area contributed by atoms with Crippen molar-refractivity contribution in [3.8, 4) is 5.75 Å². The predicted molar refractivity (Wildman–Crippen MR) is 43.3 cm³/mol. The summed E-state index contributed by atoms with van der Waals surface area (Å²) in [6, 6.07) is 8.03. The molecule has 1 aliphatic heterocycles. The average Bonchev–Trinajstić information content (AvgIpc) is 2.05. The maximum Gasteiger partial charge on any atom is 0.366 e. The second kappa shape index (κ2) is 2.22. The fourth-order valence-electron chi connectivity index (χ4n) is 1.06. The van der Waals surface area contributed by atoms with Gasteiger partial charge in [-0.3, -0.25) is 0 Å². The molecule has 1 aromatic rings. The lowest BCUT2D eigenvalue weighted by molar-refractivity contribution is 0.599. The Morgan fingerprint density at radius 2 is 2.10 bits per heavy atom. The summed E-state index contributed by atoms with van der Waals surface area (Å²) in [5, 5.41) is 0. The number of rotatable bonds is 0. The molecule has 0 unspecified atom stereocenters. The molecule has 0 N–H and O–H groups in total. The van der Waals surface area contributed by atoms with Gasteiger partial charge in [0.2, 0.25) is 0 Å². The fraction of sp³-hybridized carbons (Fsp3) is 0. The SMILES string of the molecule is B1C=Cc2ccccc2O1. The second-order valence-electron chi connectivity index (χ2n) is 2.25. The maximum atomic E-state index is 5.34. The zero-order valence-electron chi connectivity index (χ0n) is 5.58. The van der Waals surface area contributed by atoms with Gasteiger partial charge < -0.3 is 4.65 Å². The third-order valence-electron chi connectivity index (χ3n) is 1.55. The molecule has 1 aliphatic rings. The van der Waals surface area contributed by atoms with E-state index in [9.17, 15) is 0 Å². The summed E-state index contributed by atoms with van der Waals surface area (Å²) in [5.41, 5.74) is 1.17. The van der Waals surface area contributed by atoms with Crippen LogP contribution >= 0.6 is 0 Å². The minimum atomic E-state index is 0.705. The molecule has 10 heavy (non-hydrogen) atoms. The van der Waals surface area contributed by atoms with E-state index in [4.69, 9.17) is 4.65 Å². The highest BCUT2D eigenvalue weighted by Gasteiger charge is 2.02. The van der Waals surface area contributed by atoms with Gasteiger partial charge in [0.1, 0.15) is 5.75 Å². The van der Waals surface area contributed by atoms with Crippen molar-refractivity contribution in [2.24, 2.45) is 0 Å². The molecule has 0 saturated carbocycles. The van der Waals surface area contributed by atoms with Crippen molar-refractivity contribution < 1.29 is 4.65 Å². The summed E-state index contributed by atoms with van der Waals surface area (Å²) in [6.45, 7) is 0. The van der Waals surface area contributed by atoms with Gasteiger partial charge in [-0.1, -0.05) is 30.3 Å². The van der Waals surface area contributed by atoms with Crippen LogP contribution in [-0.2, 0) is 0 Å². The minimum absolute atomic E-state index is 0.705. The molecule has 0 aromatic heterocycles. The van der Waals surface area contributed by atoms with E-state index in [0.717, 1.165) is 5.75 Å². The number of benzene rings is 1. The second-order valence-corrected chi connectivity index (χ2v) is 2.25. The maximum absolute atomic E-state index is 5.34. The van der Waals surface area contributed by atoms with Gasteiger partial charge in [0.25, 0.3) is 0 Å². The van der Waals surface area contributed by atoms with E-state index in [-0.39, 0.29) is 0 Å². The van der Waals surface area contributed by atoms with Gasteiger partial charge >= 0.3 is 7.48 Å². The Bertz CT molecular complexity index is 268. The predicted octanol–water partition coefficient (Wildman–Crippen LogP) is 1.40. The van der Waals surface area contributed by atoms with Crippen LogP contribution in [0.1, 0.15) is 5.56 Å². The first-order valence-electron chi connectivity index (χ1n) is 3.35. The zero-order chi connectivity index (χ0) is 6.81. The Morgan fingerprint density at radius 3 is 3.00 bits per heavy atom. The molecule has 2 rings (SSSR count). The van der Waals surface area contributed by atoms with Crippen LogP contribution in [0.25, 0.3) is 6.08 Å². The summed E-state index contributed by atoms with van der Waals surface area (Å²) in [6.07, 6.45) is 2.08. The van der Waals surface area contributed by atoms with Crippen LogP contribution in [0.2, 0.25) is 0 Å². The van der Waals surface area contributed by atoms with E-state index in [1.165, 1.54) is 5.56 Å². The van der Waals surface area contributed by atoms with Crippen LogP contribution in [0.4, 0.5) is 0 Å². The topological polar surface area (TPSA) is 9.23 Å². The number of fused-ring (bicyclic) bond motifs is 1. The third kappa shape index (κ3) is 0.818. The van der Waals surface area contributed by atoms with Crippen LogP contribution in [0, 0.1) is 0 Å². The normalized spacial score (nSPS) is 13.2. The van der Waals surface area contributed by atoms with Gasteiger partial charge in [-0.05, 0) is 6.07 Å². The third-order valence-corrected chi connectivity index (χ3v) is 1.55. The van der Waals surface area contributed by atoms with E-state index in [0.29, 0.717) is 7.48 Å². The monoisotopic (exact) mass is 130 g/mol. The Kier molecular flexibility index (Phi) is 1.24. The van der Waals surface area contributed by atoms with Crippen molar-refractivity contribution in [3.63, 3.8) is 0 Å². The molecule has 0 radical (unpaired) electrons. The lowest BCUT2D eigenvalue weighted by Gasteiger charge is -2.10. The molecule has 0 aliphatic carbocycles. The Labute approximate surface area is 60.6 Å². The minimum Gasteiger partial charge on any atom is -0.559 e. The van der Waals surface area contributed by atoms with Crippen molar-refractivity contribution >= 4 is 13.6 Å². The summed E-state index contributed by atoms with van der Waals surface area (Å²) >= 11 is 0. The molecule has 1 nitrogen and oxygen atoms in total. The van der Waals surface area contributed by atoms with Gasteiger partial charge in [0, 0.05) is 5.56 Å². The first kappa shape index (κ1) is 5.60. The first-order valence-corrected chi connectivity index (χ1v) is 3.35. The average molecular weight is 130 g/mol. The molecular formula is C8H7BO. The van der Waals surface area contributed by atoms with Crippen LogP contribution in [-0.4, -0.2) is 7.48 Å². The Morgan fingerprint density at radius 1 is 1.20 bits per heavy atom. The highest BCUT2D eigenvalue weighted by molar-refractivity contribution is 6.37. The molecule has 0 saturated heterocycles.